The number of carboxylic acids is 1. The Labute approximate surface area is 180 Å². The lowest BCUT2D eigenvalue weighted by atomic mass is 9.79. The first kappa shape index (κ1) is 22.2. The van der Waals surface area contributed by atoms with Crippen LogP contribution in [0.3, 0.4) is 0 Å². The second kappa shape index (κ2) is 8.68. The summed E-state index contributed by atoms with van der Waals surface area (Å²) in [6.45, 7) is 7.29. The fourth-order valence-corrected chi connectivity index (χ4v) is 5.13. The number of aryl methyl sites for hydroxylation is 1. The van der Waals surface area contributed by atoms with Gasteiger partial charge in [0.1, 0.15) is 5.75 Å². The molecule has 8 heteroatoms. The number of fused-ring (bicyclic) bond motifs is 2. The molecule has 2 aliphatic rings. The fourth-order valence-electron chi connectivity index (χ4n) is 4.90. The highest BCUT2D eigenvalue weighted by Crippen LogP contribution is 2.57. The Kier molecular flexibility index (Phi) is 6.41. The molecule has 2 saturated carbocycles. The SMILES string of the molecule is CC(C)=C1[C@H]2CC[C@H]1[C@@H](C(=O)NNC(=O)[C@@H](C)Oc1ccc(Cl)cc1C)[C@@H]2C(=O)O. The third kappa shape index (κ3) is 4.17. The van der Waals surface area contributed by atoms with Crippen LogP contribution in [0, 0.1) is 30.6 Å². The Hall–Kier alpha value is -2.54. The van der Waals surface area contributed by atoms with Crippen molar-refractivity contribution < 1.29 is 24.2 Å². The van der Waals surface area contributed by atoms with Crippen LogP contribution in [-0.2, 0) is 14.4 Å². The molecule has 0 spiro atoms. The van der Waals surface area contributed by atoms with E-state index in [9.17, 15) is 19.5 Å². The average molecular weight is 435 g/mol. The zero-order valence-electron chi connectivity index (χ0n) is 17.5. The molecule has 162 valence electrons. The van der Waals surface area contributed by atoms with Gasteiger partial charge in [0, 0.05) is 5.02 Å². The summed E-state index contributed by atoms with van der Waals surface area (Å²) in [5.74, 6) is -3.13. The van der Waals surface area contributed by atoms with Crippen molar-refractivity contribution in [2.24, 2.45) is 23.7 Å². The first-order valence-electron chi connectivity index (χ1n) is 10.0. The third-order valence-electron chi connectivity index (χ3n) is 6.13. The first-order chi connectivity index (χ1) is 14.1. The van der Waals surface area contributed by atoms with Gasteiger partial charge in [-0.25, -0.2) is 0 Å². The summed E-state index contributed by atoms with van der Waals surface area (Å²) in [7, 11) is 0. The summed E-state index contributed by atoms with van der Waals surface area (Å²) in [6, 6.07) is 5.07. The van der Waals surface area contributed by atoms with E-state index in [1.807, 2.05) is 20.8 Å². The molecule has 0 saturated heterocycles. The highest BCUT2D eigenvalue weighted by molar-refractivity contribution is 6.30. The fraction of sp³-hybridized carbons (Fsp3) is 0.500. The van der Waals surface area contributed by atoms with E-state index in [0.717, 1.165) is 29.6 Å². The van der Waals surface area contributed by atoms with Crippen LogP contribution >= 0.6 is 11.6 Å². The normalized spacial score (nSPS) is 25.6. The smallest absolute Gasteiger partial charge is 0.307 e. The number of amides is 2. The molecule has 1 aromatic rings. The number of carbonyl (C=O) groups excluding carboxylic acids is 2. The molecule has 0 radical (unpaired) electrons. The van der Waals surface area contributed by atoms with Gasteiger partial charge in [-0.1, -0.05) is 22.7 Å². The predicted octanol–water partition coefficient (Wildman–Crippen LogP) is 3.26. The van der Waals surface area contributed by atoms with E-state index in [0.29, 0.717) is 10.8 Å². The van der Waals surface area contributed by atoms with Crippen molar-refractivity contribution in [2.45, 2.75) is 46.6 Å². The van der Waals surface area contributed by atoms with Gasteiger partial charge in [-0.2, -0.15) is 0 Å². The minimum absolute atomic E-state index is 0.0941. The minimum Gasteiger partial charge on any atom is -0.481 e. The van der Waals surface area contributed by atoms with Gasteiger partial charge in [-0.05, 0) is 76.1 Å². The van der Waals surface area contributed by atoms with Crippen LogP contribution in [0.1, 0.15) is 39.2 Å². The third-order valence-corrected chi connectivity index (χ3v) is 6.36. The van der Waals surface area contributed by atoms with Crippen molar-refractivity contribution in [3.63, 3.8) is 0 Å². The lowest BCUT2D eigenvalue weighted by Gasteiger charge is -2.26. The molecule has 2 amide bonds. The summed E-state index contributed by atoms with van der Waals surface area (Å²) >= 11 is 5.93. The number of hydrogen-bond acceptors (Lipinski definition) is 4. The number of carbonyl (C=O) groups is 3. The topological polar surface area (TPSA) is 105 Å². The maximum Gasteiger partial charge on any atom is 0.307 e. The van der Waals surface area contributed by atoms with Gasteiger partial charge in [0.15, 0.2) is 6.10 Å². The Morgan fingerprint density at radius 3 is 2.33 bits per heavy atom. The Bertz CT molecular complexity index is 909. The minimum atomic E-state index is -0.970. The number of ether oxygens (including phenoxy) is 1. The molecule has 0 aliphatic heterocycles. The molecule has 2 bridgehead atoms. The second-order valence-electron chi connectivity index (χ2n) is 8.28. The van der Waals surface area contributed by atoms with Crippen molar-refractivity contribution in [1.29, 1.82) is 0 Å². The zero-order valence-corrected chi connectivity index (χ0v) is 18.2. The van der Waals surface area contributed by atoms with Gasteiger partial charge < -0.3 is 9.84 Å². The number of carboxylic acid groups (broad SMARTS) is 1. The largest absolute Gasteiger partial charge is 0.481 e. The number of allylic oxidation sites excluding steroid dienone is 2. The van der Waals surface area contributed by atoms with Crippen LogP contribution in [0.25, 0.3) is 0 Å². The monoisotopic (exact) mass is 434 g/mol. The van der Waals surface area contributed by atoms with E-state index in [4.69, 9.17) is 16.3 Å². The van der Waals surface area contributed by atoms with E-state index in [2.05, 4.69) is 10.9 Å². The molecule has 30 heavy (non-hydrogen) atoms. The van der Waals surface area contributed by atoms with Crippen LogP contribution in [0.4, 0.5) is 0 Å². The molecule has 0 unspecified atom stereocenters. The molecule has 1 aromatic carbocycles. The molecule has 0 aromatic heterocycles. The maximum atomic E-state index is 12.8. The summed E-state index contributed by atoms with van der Waals surface area (Å²) < 4.78 is 5.65. The quantitative estimate of drug-likeness (QED) is 0.487. The molecule has 0 heterocycles. The van der Waals surface area contributed by atoms with Gasteiger partial charge in [0.2, 0.25) is 5.91 Å². The number of aliphatic carboxylic acids is 1. The lowest BCUT2D eigenvalue weighted by Crippen LogP contribution is -2.51. The van der Waals surface area contributed by atoms with E-state index in [-0.39, 0.29) is 11.8 Å². The number of hydrogen-bond donors (Lipinski definition) is 3. The Balaban J connectivity index is 1.64. The van der Waals surface area contributed by atoms with Gasteiger partial charge >= 0.3 is 5.97 Å². The summed E-state index contributed by atoms with van der Waals surface area (Å²) in [5.41, 5.74) is 7.74. The van der Waals surface area contributed by atoms with Crippen LogP contribution in [-0.4, -0.2) is 29.0 Å². The molecular formula is C22H27ClN2O5. The first-order valence-corrected chi connectivity index (χ1v) is 10.4. The summed E-state index contributed by atoms with van der Waals surface area (Å²) in [6.07, 6.45) is 0.703. The summed E-state index contributed by atoms with van der Waals surface area (Å²) in [5, 5.41) is 10.3. The Morgan fingerprint density at radius 1 is 1.13 bits per heavy atom. The molecule has 3 N–H and O–H groups in total. The van der Waals surface area contributed by atoms with Crippen LogP contribution in [0.5, 0.6) is 5.75 Å². The standard InChI is InChI=1S/C22H27ClN2O5/c1-10(2)17-14-6-7-15(17)19(22(28)29)18(14)21(27)25-24-20(26)12(4)30-16-8-5-13(23)9-11(16)3/h5,8-9,12,14-15,18-19H,6-7H2,1-4H3,(H,24,26)(H,25,27)(H,28,29)/t12-,14-,15-,18-,19-/m1/s1. The van der Waals surface area contributed by atoms with E-state index in [1.165, 1.54) is 0 Å². The highest BCUT2D eigenvalue weighted by Gasteiger charge is 2.57. The number of hydrazine groups is 1. The summed E-state index contributed by atoms with van der Waals surface area (Å²) in [4.78, 5) is 37.1. The second-order valence-corrected chi connectivity index (χ2v) is 8.72. The van der Waals surface area contributed by atoms with Crippen molar-refractivity contribution in [2.75, 3.05) is 0 Å². The molecular weight excluding hydrogens is 408 g/mol. The van der Waals surface area contributed by atoms with Gasteiger partial charge in [0.05, 0.1) is 11.8 Å². The molecule has 5 atom stereocenters. The predicted molar refractivity (Wildman–Crippen MR) is 112 cm³/mol. The molecule has 7 nitrogen and oxygen atoms in total. The Morgan fingerprint density at radius 2 is 1.77 bits per heavy atom. The van der Waals surface area contributed by atoms with Crippen molar-refractivity contribution in [1.82, 2.24) is 10.9 Å². The van der Waals surface area contributed by atoms with E-state index < -0.39 is 35.7 Å². The molecule has 3 rings (SSSR count). The molecule has 2 fully saturated rings. The number of benzene rings is 1. The van der Waals surface area contributed by atoms with Crippen molar-refractivity contribution in [3.05, 3.63) is 39.9 Å². The van der Waals surface area contributed by atoms with Gasteiger partial charge in [-0.15, -0.1) is 0 Å². The van der Waals surface area contributed by atoms with Crippen molar-refractivity contribution in [3.8, 4) is 5.75 Å². The van der Waals surface area contributed by atoms with Gasteiger partial charge in [-0.3, -0.25) is 25.2 Å². The van der Waals surface area contributed by atoms with Crippen LogP contribution < -0.4 is 15.6 Å². The van der Waals surface area contributed by atoms with E-state index >= 15 is 0 Å². The zero-order chi connectivity index (χ0) is 22.2. The number of rotatable bonds is 5. The highest BCUT2D eigenvalue weighted by atomic mass is 35.5. The maximum absolute atomic E-state index is 12.8. The number of halogens is 1. The van der Waals surface area contributed by atoms with Gasteiger partial charge in [0.25, 0.3) is 5.91 Å². The lowest BCUT2D eigenvalue weighted by molar-refractivity contribution is -0.150. The van der Waals surface area contributed by atoms with Crippen LogP contribution in [0.15, 0.2) is 29.3 Å². The van der Waals surface area contributed by atoms with E-state index in [1.54, 1.807) is 25.1 Å². The molecule has 2 aliphatic carbocycles. The van der Waals surface area contributed by atoms with Crippen molar-refractivity contribution >= 4 is 29.4 Å². The average Bonchev–Trinajstić information content (AvgIpc) is 3.24. The number of nitrogens with one attached hydrogen (secondary N) is 2. The van der Waals surface area contributed by atoms with Crippen LogP contribution in [0.2, 0.25) is 5.02 Å².